The van der Waals surface area contributed by atoms with Crippen LogP contribution < -0.4 is 11.1 Å². The molecular formula is C13H18ClFN2. The summed E-state index contributed by atoms with van der Waals surface area (Å²) in [5, 5.41) is 3.30. The van der Waals surface area contributed by atoms with Crippen molar-refractivity contribution in [1.29, 1.82) is 0 Å². The van der Waals surface area contributed by atoms with E-state index in [0.717, 1.165) is 12.5 Å². The van der Waals surface area contributed by atoms with Gasteiger partial charge >= 0.3 is 0 Å². The van der Waals surface area contributed by atoms with Gasteiger partial charge in [-0.15, -0.1) is 0 Å². The van der Waals surface area contributed by atoms with E-state index in [-0.39, 0.29) is 5.02 Å². The molecule has 1 aromatic carbocycles. The van der Waals surface area contributed by atoms with Gasteiger partial charge in [0.2, 0.25) is 0 Å². The van der Waals surface area contributed by atoms with E-state index in [1.807, 2.05) is 0 Å². The number of nitrogen functional groups attached to an aromatic ring is 1. The normalized spacial score (nSPS) is 23.9. The zero-order valence-electron chi connectivity index (χ0n) is 9.97. The summed E-state index contributed by atoms with van der Waals surface area (Å²) in [6.07, 6.45) is 3.82. The Morgan fingerprint density at radius 1 is 1.47 bits per heavy atom. The largest absolute Gasteiger partial charge is 0.397 e. The van der Waals surface area contributed by atoms with Crippen molar-refractivity contribution in [2.75, 3.05) is 17.6 Å². The monoisotopic (exact) mass is 256 g/mol. The first-order valence-electron chi connectivity index (χ1n) is 6.06. The van der Waals surface area contributed by atoms with Gasteiger partial charge in [-0.05, 0) is 24.3 Å². The second kappa shape index (κ2) is 5.13. The molecule has 1 aliphatic carbocycles. The van der Waals surface area contributed by atoms with E-state index in [1.165, 1.54) is 31.4 Å². The number of rotatable bonds is 3. The molecule has 1 saturated carbocycles. The summed E-state index contributed by atoms with van der Waals surface area (Å²) in [5.74, 6) is 0.969. The Hall–Kier alpha value is -0.960. The molecule has 0 radical (unpaired) electrons. The molecule has 0 bridgehead atoms. The van der Waals surface area contributed by atoms with Crippen LogP contribution in [0, 0.1) is 17.7 Å². The van der Waals surface area contributed by atoms with Gasteiger partial charge in [-0.3, -0.25) is 0 Å². The molecule has 1 aliphatic rings. The van der Waals surface area contributed by atoms with Gasteiger partial charge in [-0.2, -0.15) is 0 Å². The Kier molecular flexibility index (Phi) is 3.77. The number of benzene rings is 1. The molecule has 0 aliphatic heterocycles. The topological polar surface area (TPSA) is 38.0 Å². The zero-order valence-corrected chi connectivity index (χ0v) is 10.7. The van der Waals surface area contributed by atoms with Crippen LogP contribution in [0.1, 0.15) is 26.2 Å². The van der Waals surface area contributed by atoms with Crippen LogP contribution in [-0.4, -0.2) is 6.54 Å². The number of hydrogen-bond donors (Lipinski definition) is 2. The first kappa shape index (κ1) is 12.5. The molecule has 0 saturated heterocycles. The first-order valence-corrected chi connectivity index (χ1v) is 6.44. The van der Waals surface area contributed by atoms with Crippen LogP contribution in [0.2, 0.25) is 5.02 Å². The summed E-state index contributed by atoms with van der Waals surface area (Å²) in [4.78, 5) is 0. The average molecular weight is 257 g/mol. The molecule has 4 heteroatoms. The van der Waals surface area contributed by atoms with Crippen molar-refractivity contribution < 1.29 is 4.39 Å². The number of nitrogens with one attached hydrogen (secondary N) is 1. The number of anilines is 2. The van der Waals surface area contributed by atoms with Crippen LogP contribution in [0.3, 0.4) is 0 Å². The third-order valence-electron chi connectivity index (χ3n) is 3.69. The number of halogens is 2. The molecule has 94 valence electrons. The van der Waals surface area contributed by atoms with Crippen LogP contribution in [-0.2, 0) is 0 Å². The Bertz CT molecular complexity index is 409. The Balaban J connectivity index is 2.01. The molecule has 2 atom stereocenters. The third kappa shape index (κ3) is 2.83. The summed E-state index contributed by atoms with van der Waals surface area (Å²) in [6.45, 7) is 3.12. The lowest BCUT2D eigenvalue weighted by molar-refractivity contribution is 0.439. The second-order valence-corrected chi connectivity index (χ2v) is 5.31. The highest BCUT2D eigenvalue weighted by Crippen LogP contribution is 2.32. The SMILES string of the molecule is CC1CCCC1CNc1cc(F)c(Cl)cc1N. The smallest absolute Gasteiger partial charge is 0.143 e. The van der Waals surface area contributed by atoms with Gasteiger partial charge in [0, 0.05) is 12.6 Å². The predicted octanol–water partition coefficient (Wildman–Crippen LogP) is 3.91. The van der Waals surface area contributed by atoms with Crippen LogP contribution in [0.5, 0.6) is 0 Å². The van der Waals surface area contributed by atoms with Crippen LogP contribution in [0.25, 0.3) is 0 Å². The van der Waals surface area contributed by atoms with Crippen molar-refractivity contribution in [2.24, 2.45) is 11.8 Å². The van der Waals surface area contributed by atoms with E-state index in [2.05, 4.69) is 12.2 Å². The molecule has 0 aromatic heterocycles. The van der Waals surface area contributed by atoms with Crippen LogP contribution in [0.4, 0.5) is 15.8 Å². The van der Waals surface area contributed by atoms with Gasteiger partial charge in [-0.25, -0.2) is 4.39 Å². The van der Waals surface area contributed by atoms with Crippen molar-refractivity contribution in [3.8, 4) is 0 Å². The summed E-state index contributed by atoms with van der Waals surface area (Å²) < 4.78 is 13.3. The second-order valence-electron chi connectivity index (χ2n) is 4.90. The highest BCUT2D eigenvalue weighted by Gasteiger charge is 2.23. The minimum absolute atomic E-state index is 0.0716. The maximum absolute atomic E-state index is 13.3. The van der Waals surface area contributed by atoms with Crippen molar-refractivity contribution >= 4 is 23.0 Å². The predicted molar refractivity (Wildman–Crippen MR) is 70.8 cm³/mol. The molecule has 1 aromatic rings. The molecule has 0 spiro atoms. The van der Waals surface area contributed by atoms with Crippen molar-refractivity contribution in [1.82, 2.24) is 0 Å². The van der Waals surface area contributed by atoms with E-state index >= 15 is 0 Å². The highest BCUT2D eigenvalue weighted by molar-refractivity contribution is 6.31. The lowest BCUT2D eigenvalue weighted by Gasteiger charge is -2.18. The Morgan fingerprint density at radius 2 is 2.24 bits per heavy atom. The summed E-state index contributed by atoms with van der Waals surface area (Å²) in [6, 6.07) is 2.83. The molecular weight excluding hydrogens is 239 g/mol. The van der Waals surface area contributed by atoms with E-state index in [9.17, 15) is 4.39 Å². The van der Waals surface area contributed by atoms with E-state index < -0.39 is 5.82 Å². The fourth-order valence-electron chi connectivity index (χ4n) is 2.48. The lowest BCUT2D eigenvalue weighted by atomic mass is 9.98. The maximum atomic E-state index is 13.3. The number of nitrogens with two attached hydrogens (primary N) is 1. The molecule has 0 heterocycles. The van der Waals surface area contributed by atoms with Crippen LogP contribution >= 0.6 is 11.6 Å². The summed E-state index contributed by atoms with van der Waals surface area (Å²) >= 11 is 5.65. The Labute approximate surface area is 106 Å². The third-order valence-corrected chi connectivity index (χ3v) is 3.98. The highest BCUT2D eigenvalue weighted by atomic mass is 35.5. The van der Waals surface area contributed by atoms with Gasteiger partial charge in [0.25, 0.3) is 0 Å². The van der Waals surface area contributed by atoms with E-state index in [4.69, 9.17) is 17.3 Å². The molecule has 2 rings (SSSR count). The van der Waals surface area contributed by atoms with E-state index in [1.54, 1.807) is 0 Å². The van der Waals surface area contributed by atoms with Gasteiger partial charge in [0.1, 0.15) is 5.82 Å². The molecule has 3 N–H and O–H groups in total. The Morgan fingerprint density at radius 3 is 2.88 bits per heavy atom. The van der Waals surface area contributed by atoms with Crippen molar-refractivity contribution in [2.45, 2.75) is 26.2 Å². The number of hydrogen-bond acceptors (Lipinski definition) is 2. The molecule has 2 nitrogen and oxygen atoms in total. The quantitative estimate of drug-likeness (QED) is 0.805. The van der Waals surface area contributed by atoms with E-state index in [0.29, 0.717) is 17.3 Å². The van der Waals surface area contributed by atoms with Gasteiger partial charge < -0.3 is 11.1 Å². The standard InChI is InChI=1S/C13H18ClFN2/c1-8-3-2-4-9(8)7-17-13-6-11(15)10(14)5-12(13)16/h5-6,8-9,17H,2-4,7,16H2,1H3. The molecule has 2 unspecified atom stereocenters. The zero-order chi connectivity index (χ0) is 12.4. The fraction of sp³-hybridized carbons (Fsp3) is 0.538. The van der Waals surface area contributed by atoms with Gasteiger partial charge in [0.05, 0.1) is 16.4 Å². The first-order chi connectivity index (χ1) is 8.08. The fourth-order valence-corrected chi connectivity index (χ4v) is 2.65. The minimum atomic E-state index is -0.428. The van der Waals surface area contributed by atoms with Gasteiger partial charge in [0.15, 0.2) is 0 Å². The van der Waals surface area contributed by atoms with Crippen LogP contribution in [0.15, 0.2) is 12.1 Å². The summed E-state index contributed by atoms with van der Waals surface area (Å²) in [5.41, 5.74) is 6.94. The molecule has 17 heavy (non-hydrogen) atoms. The molecule has 1 fully saturated rings. The van der Waals surface area contributed by atoms with Crippen molar-refractivity contribution in [3.05, 3.63) is 23.0 Å². The average Bonchev–Trinajstić information content (AvgIpc) is 2.68. The molecule has 0 amide bonds. The van der Waals surface area contributed by atoms with Crippen molar-refractivity contribution in [3.63, 3.8) is 0 Å². The maximum Gasteiger partial charge on any atom is 0.143 e. The van der Waals surface area contributed by atoms with Gasteiger partial charge in [-0.1, -0.05) is 31.4 Å². The minimum Gasteiger partial charge on any atom is -0.397 e. The summed E-state index contributed by atoms with van der Waals surface area (Å²) in [7, 11) is 0. The lowest BCUT2D eigenvalue weighted by Crippen LogP contribution is -2.17.